The molecule has 0 fully saturated rings. The summed E-state index contributed by atoms with van der Waals surface area (Å²) in [4.78, 5) is 12.0. The van der Waals surface area contributed by atoms with Crippen molar-refractivity contribution in [3.05, 3.63) is 60.2 Å². The van der Waals surface area contributed by atoms with E-state index in [4.69, 9.17) is 0 Å². The molecule has 140 valence electrons. The second kappa shape index (κ2) is 8.22. The van der Waals surface area contributed by atoms with Crippen molar-refractivity contribution in [3.8, 4) is 5.75 Å². The number of nitrogens with one attached hydrogen (secondary N) is 1. The van der Waals surface area contributed by atoms with Gasteiger partial charge in [0.15, 0.2) is 9.84 Å². The number of hydrogen-bond donors (Lipinski definition) is 1. The van der Waals surface area contributed by atoms with E-state index in [9.17, 15) is 26.4 Å². The first-order chi connectivity index (χ1) is 12.2. The van der Waals surface area contributed by atoms with Crippen LogP contribution in [-0.2, 0) is 21.1 Å². The predicted molar refractivity (Wildman–Crippen MR) is 88.3 cm³/mol. The minimum absolute atomic E-state index is 0.0642. The number of carbonyl (C=O) groups excluding carboxylic acids is 1. The summed E-state index contributed by atoms with van der Waals surface area (Å²) in [6.07, 6.45) is -4.86. The molecule has 0 saturated heterocycles. The molecule has 0 aromatic heterocycles. The maximum Gasteiger partial charge on any atom is 0.573 e. The minimum atomic E-state index is -4.77. The average Bonchev–Trinajstić information content (AvgIpc) is 2.56. The van der Waals surface area contributed by atoms with Crippen molar-refractivity contribution in [1.82, 2.24) is 5.32 Å². The molecule has 5 nitrogen and oxygen atoms in total. The molecular formula is C17H16F3NO4S. The summed E-state index contributed by atoms with van der Waals surface area (Å²) in [6.45, 7) is -0.0642. The van der Waals surface area contributed by atoms with Crippen LogP contribution in [0.4, 0.5) is 13.2 Å². The van der Waals surface area contributed by atoms with E-state index >= 15 is 0 Å². The van der Waals surface area contributed by atoms with Gasteiger partial charge in [0.05, 0.1) is 17.1 Å². The van der Waals surface area contributed by atoms with Crippen LogP contribution in [0.25, 0.3) is 0 Å². The van der Waals surface area contributed by atoms with Gasteiger partial charge in [0.2, 0.25) is 5.91 Å². The van der Waals surface area contributed by atoms with Crippen LogP contribution in [0, 0.1) is 0 Å². The van der Waals surface area contributed by atoms with Crippen molar-refractivity contribution in [2.75, 3.05) is 12.3 Å². The molecule has 2 rings (SSSR count). The molecule has 26 heavy (non-hydrogen) atoms. The molecule has 0 saturated carbocycles. The van der Waals surface area contributed by atoms with Gasteiger partial charge in [0.25, 0.3) is 0 Å². The lowest BCUT2D eigenvalue weighted by molar-refractivity contribution is -0.274. The molecule has 2 aromatic carbocycles. The van der Waals surface area contributed by atoms with Gasteiger partial charge in [0, 0.05) is 6.54 Å². The first kappa shape index (κ1) is 19.8. The smallest absolute Gasteiger partial charge is 0.406 e. The lowest BCUT2D eigenvalue weighted by Crippen LogP contribution is -2.30. The number of hydrogen-bond acceptors (Lipinski definition) is 4. The molecule has 1 amide bonds. The van der Waals surface area contributed by atoms with Gasteiger partial charge in [-0.3, -0.25) is 4.79 Å². The molecule has 0 aliphatic heterocycles. The molecule has 0 heterocycles. The largest absolute Gasteiger partial charge is 0.573 e. The number of ether oxygens (including phenoxy) is 1. The topological polar surface area (TPSA) is 72.5 Å². The van der Waals surface area contributed by atoms with Crippen molar-refractivity contribution in [1.29, 1.82) is 0 Å². The van der Waals surface area contributed by atoms with Crippen molar-refractivity contribution in [2.24, 2.45) is 0 Å². The summed E-state index contributed by atoms with van der Waals surface area (Å²) in [7, 11) is -3.49. The summed E-state index contributed by atoms with van der Waals surface area (Å²) >= 11 is 0. The van der Waals surface area contributed by atoms with Gasteiger partial charge < -0.3 is 10.1 Å². The van der Waals surface area contributed by atoms with E-state index in [1.165, 1.54) is 24.3 Å². The Morgan fingerprint density at radius 1 is 1.00 bits per heavy atom. The van der Waals surface area contributed by atoms with Crippen LogP contribution in [-0.4, -0.2) is 33.0 Å². The maximum atomic E-state index is 12.1. The molecule has 0 spiro atoms. The van der Waals surface area contributed by atoms with E-state index in [0.717, 1.165) is 12.1 Å². The highest BCUT2D eigenvalue weighted by Crippen LogP contribution is 2.22. The standard InChI is InChI=1S/C17H16F3NO4S/c18-17(19,20)25-14-8-6-13(7-9-14)12-16(22)21-10-11-26(23,24)15-4-2-1-3-5-15/h1-9H,10-12H2,(H,21,22). The highest BCUT2D eigenvalue weighted by Gasteiger charge is 2.30. The highest BCUT2D eigenvalue weighted by molar-refractivity contribution is 7.91. The van der Waals surface area contributed by atoms with Gasteiger partial charge in [-0.1, -0.05) is 30.3 Å². The molecule has 0 aliphatic carbocycles. The van der Waals surface area contributed by atoms with Crippen molar-refractivity contribution in [2.45, 2.75) is 17.7 Å². The van der Waals surface area contributed by atoms with E-state index in [-0.39, 0.29) is 29.4 Å². The third-order valence-electron chi connectivity index (χ3n) is 3.32. The van der Waals surface area contributed by atoms with Gasteiger partial charge in [-0.2, -0.15) is 0 Å². The van der Waals surface area contributed by atoms with Crippen LogP contribution in [0.3, 0.4) is 0 Å². The SMILES string of the molecule is O=C(Cc1ccc(OC(F)(F)F)cc1)NCCS(=O)(=O)c1ccccc1. The number of halogens is 3. The first-order valence-electron chi connectivity index (χ1n) is 7.55. The van der Waals surface area contributed by atoms with Gasteiger partial charge in [-0.25, -0.2) is 8.42 Å². The maximum absolute atomic E-state index is 12.1. The number of amides is 1. The fourth-order valence-corrected chi connectivity index (χ4v) is 3.31. The monoisotopic (exact) mass is 387 g/mol. The zero-order valence-corrected chi connectivity index (χ0v) is 14.3. The molecule has 9 heteroatoms. The van der Waals surface area contributed by atoms with E-state index in [0.29, 0.717) is 5.56 Å². The molecule has 0 bridgehead atoms. The lowest BCUT2D eigenvalue weighted by Gasteiger charge is -2.09. The van der Waals surface area contributed by atoms with Gasteiger partial charge in [0.1, 0.15) is 5.75 Å². The fourth-order valence-electron chi connectivity index (χ4n) is 2.13. The van der Waals surface area contributed by atoms with Crippen molar-refractivity contribution in [3.63, 3.8) is 0 Å². The Labute approximate surface area is 148 Å². The molecule has 0 aliphatic rings. The van der Waals surface area contributed by atoms with E-state index in [1.807, 2.05) is 0 Å². The van der Waals surface area contributed by atoms with E-state index < -0.39 is 22.1 Å². The first-order valence-corrected chi connectivity index (χ1v) is 9.20. The van der Waals surface area contributed by atoms with E-state index in [1.54, 1.807) is 18.2 Å². The van der Waals surface area contributed by atoms with Crippen molar-refractivity contribution >= 4 is 15.7 Å². The highest BCUT2D eigenvalue weighted by atomic mass is 32.2. The van der Waals surface area contributed by atoms with Gasteiger partial charge in [-0.05, 0) is 29.8 Å². The van der Waals surface area contributed by atoms with Crippen LogP contribution in [0.2, 0.25) is 0 Å². The zero-order chi connectivity index (χ0) is 19.2. The summed E-state index contributed by atoms with van der Waals surface area (Å²) in [6, 6.07) is 12.7. The third kappa shape index (κ3) is 6.40. The molecule has 0 unspecified atom stereocenters. The summed E-state index contributed by atoms with van der Waals surface area (Å²) in [5.74, 6) is -1.06. The van der Waals surface area contributed by atoms with Crippen molar-refractivity contribution < 1.29 is 31.1 Å². The predicted octanol–water partition coefficient (Wildman–Crippen LogP) is 2.72. The summed E-state index contributed by atoms with van der Waals surface area (Å²) in [5, 5.41) is 2.48. The molecule has 0 radical (unpaired) electrons. The summed E-state index contributed by atoms with van der Waals surface area (Å²) in [5.41, 5.74) is 0.475. The van der Waals surface area contributed by atoms with Gasteiger partial charge in [-0.15, -0.1) is 13.2 Å². The summed E-state index contributed by atoms with van der Waals surface area (Å²) < 4.78 is 64.1. The normalized spacial score (nSPS) is 11.8. The zero-order valence-electron chi connectivity index (χ0n) is 13.5. The second-order valence-electron chi connectivity index (χ2n) is 5.35. The average molecular weight is 387 g/mol. The molecule has 2 aromatic rings. The number of alkyl halides is 3. The van der Waals surface area contributed by atoms with E-state index in [2.05, 4.69) is 10.1 Å². The lowest BCUT2D eigenvalue weighted by atomic mass is 10.1. The quantitative estimate of drug-likeness (QED) is 0.793. The van der Waals surface area contributed by atoms with Crippen LogP contribution >= 0.6 is 0 Å². The minimum Gasteiger partial charge on any atom is -0.406 e. The van der Waals surface area contributed by atoms with Crippen LogP contribution in [0.5, 0.6) is 5.75 Å². The second-order valence-corrected chi connectivity index (χ2v) is 7.46. The Balaban J connectivity index is 1.82. The van der Waals surface area contributed by atoms with Crippen LogP contribution < -0.4 is 10.1 Å². The Kier molecular flexibility index (Phi) is 6.25. The van der Waals surface area contributed by atoms with Crippen LogP contribution in [0.15, 0.2) is 59.5 Å². The van der Waals surface area contributed by atoms with Crippen LogP contribution in [0.1, 0.15) is 5.56 Å². The Bertz CT molecular complexity index is 835. The Morgan fingerprint density at radius 2 is 1.62 bits per heavy atom. The molecule has 0 atom stereocenters. The molecule has 1 N–H and O–H groups in total. The molecular weight excluding hydrogens is 371 g/mol. The Hall–Kier alpha value is -2.55. The van der Waals surface area contributed by atoms with Gasteiger partial charge >= 0.3 is 6.36 Å². The Morgan fingerprint density at radius 3 is 2.19 bits per heavy atom. The fraction of sp³-hybridized carbons (Fsp3) is 0.235. The number of sulfone groups is 1. The number of carbonyl (C=O) groups is 1. The third-order valence-corrected chi connectivity index (χ3v) is 5.05. The number of benzene rings is 2. The number of rotatable bonds is 7.